The molecule has 0 amide bonds. The fraction of sp³-hybridized carbons (Fsp3) is 1.00. The summed E-state index contributed by atoms with van der Waals surface area (Å²) in [6, 6.07) is 0. The minimum Gasteiger partial charge on any atom is -0.412 e. The van der Waals surface area contributed by atoms with Gasteiger partial charge in [0.15, 0.2) is 0 Å². The molecule has 14 heavy (non-hydrogen) atoms. The van der Waals surface area contributed by atoms with Crippen molar-refractivity contribution >= 4 is 0 Å². The summed E-state index contributed by atoms with van der Waals surface area (Å²) in [5.41, 5.74) is 0. The average molecular weight is 207 g/mol. The van der Waals surface area contributed by atoms with Gasteiger partial charge >= 0.3 is 0 Å². The monoisotopic (exact) mass is 207 g/mol. The summed E-state index contributed by atoms with van der Waals surface area (Å²) >= 11 is 0. The van der Waals surface area contributed by atoms with Crippen LogP contribution >= 0.6 is 0 Å². The van der Waals surface area contributed by atoms with Crippen molar-refractivity contribution in [2.24, 2.45) is 0 Å². The first-order chi connectivity index (χ1) is 6.00. The van der Waals surface area contributed by atoms with E-state index in [9.17, 15) is 0 Å². The molecule has 88 valence electrons. The second-order valence-corrected chi connectivity index (χ2v) is 3.35. The van der Waals surface area contributed by atoms with E-state index in [0.29, 0.717) is 0 Å². The van der Waals surface area contributed by atoms with E-state index in [1.807, 2.05) is 0 Å². The van der Waals surface area contributed by atoms with Crippen molar-refractivity contribution in [1.29, 1.82) is 0 Å². The highest BCUT2D eigenvalue weighted by Gasteiger charge is 1.95. The van der Waals surface area contributed by atoms with Crippen molar-refractivity contribution in [3.63, 3.8) is 0 Å². The van der Waals surface area contributed by atoms with Gasteiger partial charge in [0, 0.05) is 26.4 Å². The maximum atomic E-state index is 5.07. The predicted octanol–water partition coefficient (Wildman–Crippen LogP) is 1.71. The molecule has 5 N–H and O–H groups in total. The van der Waals surface area contributed by atoms with Gasteiger partial charge in [-0.05, 0) is 38.5 Å². The van der Waals surface area contributed by atoms with Crippen LogP contribution in [0.25, 0.3) is 0 Å². The molecule has 0 aromatic heterocycles. The third kappa shape index (κ3) is 9.92. The number of rotatable bonds is 0. The maximum absolute atomic E-state index is 5.07. The van der Waals surface area contributed by atoms with Gasteiger partial charge in [0.25, 0.3) is 0 Å². The highest BCUT2D eigenvalue weighted by molar-refractivity contribution is 4.45. The minimum atomic E-state index is 0. The van der Waals surface area contributed by atoms with Gasteiger partial charge in [-0.25, -0.2) is 0 Å². The maximum Gasteiger partial charge on any atom is 0.0466 e. The summed E-state index contributed by atoms with van der Waals surface area (Å²) in [7, 11) is 0. The Bertz CT molecular complexity index is 58.3. The van der Waals surface area contributed by atoms with Crippen LogP contribution in [0.1, 0.15) is 38.5 Å². The first kappa shape index (κ1) is 16.3. The molecule has 2 rings (SSSR count). The first-order valence-corrected chi connectivity index (χ1v) is 5.15. The van der Waals surface area contributed by atoms with E-state index in [1.165, 1.54) is 38.5 Å². The lowest BCUT2D eigenvalue weighted by molar-refractivity contribution is 0.0967. The van der Waals surface area contributed by atoms with Crippen LogP contribution in [0.4, 0.5) is 0 Å². The summed E-state index contributed by atoms with van der Waals surface area (Å²) in [5, 5.41) is 0. The molecule has 0 spiro atoms. The summed E-state index contributed by atoms with van der Waals surface area (Å²) in [6.45, 7) is 4.00. The zero-order chi connectivity index (χ0) is 8.49. The van der Waals surface area contributed by atoms with E-state index >= 15 is 0 Å². The normalized spacial score (nSPS) is 20.6. The molecule has 2 heterocycles. The van der Waals surface area contributed by atoms with Crippen LogP contribution in [0, 0.1) is 0 Å². The second-order valence-electron chi connectivity index (χ2n) is 3.35. The molecule has 0 saturated carbocycles. The first-order valence-electron chi connectivity index (χ1n) is 5.15. The average Bonchev–Trinajstić information content (AvgIpc) is 2.24. The third-order valence-electron chi connectivity index (χ3n) is 2.15. The molecule has 0 aromatic rings. The molecule has 0 bridgehead atoms. The molecule has 2 aliphatic rings. The topological polar surface area (TPSA) is 85.0 Å². The molecular formula is C10H25NO3. The highest BCUT2D eigenvalue weighted by Crippen LogP contribution is 2.02. The molecule has 0 atom stereocenters. The van der Waals surface area contributed by atoms with Crippen molar-refractivity contribution in [3.8, 4) is 0 Å². The Kier molecular flexibility index (Phi) is 14.9. The van der Waals surface area contributed by atoms with E-state index < -0.39 is 0 Å². The van der Waals surface area contributed by atoms with Crippen molar-refractivity contribution < 1.29 is 14.9 Å². The number of hydrogen-bond acceptors (Lipinski definition) is 3. The molecular weight excluding hydrogens is 182 g/mol. The smallest absolute Gasteiger partial charge is 0.0466 e. The fourth-order valence-corrected chi connectivity index (χ4v) is 1.37. The number of hydrogen-bond donors (Lipinski definition) is 1. The molecule has 0 unspecified atom stereocenters. The highest BCUT2D eigenvalue weighted by atomic mass is 16.5. The van der Waals surface area contributed by atoms with Crippen LogP contribution in [-0.2, 0) is 9.47 Å². The van der Waals surface area contributed by atoms with Gasteiger partial charge in [-0.3, -0.25) is 0 Å². The lowest BCUT2D eigenvalue weighted by Gasteiger charge is -2.08. The number of ether oxygens (including phenoxy) is 2. The SMILES string of the molecule is C1CCOCC1.C1CCOCC1.N.O. The van der Waals surface area contributed by atoms with E-state index in [4.69, 9.17) is 9.47 Å². The fourth-order valence-electron chi connectivity index (χ4n) is 1.37. The van der Waals surface area contributed by atoms with Crippen LogP contribution < -0.4 is 6.15 Å². The van der Waals surface area contributed by atoms with Gasteiger partial charge in [-0.1, -0.05) is 0 Å². The minimum absolute atomic E-state index is 0. The van der Waals surface area contributed by atoms with Gasteiger partial charge in [-0.2, -0.15) is 0 Å². The Hall–Kier alpha value is -0.160. The van der Waals surface area contributed by atoms with Crippen molar-refractivity contribution in [1.82, 2.24) is 6.15 Å². The summed E-state index contributed by atoms with van der Waals surface area (Å²) in [6.07, 6.45) is 7.86. The molecule has 4 heteroatoms. The zero-order valence-corrected chi connectivity index (χ0v) is 9.09. The Morgan fingerprint density at radius 3 is 0.857 bits per heavy atom. The second kappa shape index (κ2) is 12.8. The van der Waals surface area contributed by atoms with Gasteiger partial charge in [-0.15, -0.1) is 0 Å². The van der Waals surface area contributed by atoms with E-state index in [2.05, 4.69) is 0 Å². The van der Waals surface area contributed by atoms with Crippen LogP contribution in [0.3, 0.4) is 0 Å². The van der Waals surface area contributed by atoms with Gasteiger partial charge in [0.2, 0.25) is 0 Å². The Morgan fingerprint density at radius 2 is 0.786 bits per heavy atom. The third-order valence-corrected chi connectivity index (χ3v) is 2.15. The Balaban J connectivity index is 0. The van der Waals surface area contributed by atoms with E-state index in [1.54, 1.807) is 0 Å². The van der Waals surface area contributed by atoms with E-state index in [-0.39, 0.29) is 11.6 Å². The van der Waals surface area contributed by atoms with Crippen molar-refractivity contribution in [2.75, 3.05) is 26.4 Å². The predicted molar refractivity (Wildman–Crippen MR) is 58.0 cm³/mol. The summed E-state index contributed by atoms with van der Waals surface area (Å²) in [4.78, 5) is 0. The van der Waals surface area contributed by atoms with Crippen LogP contribution in [-0.4, -0.2) is 31.9 Å². The van der Waals surface area contributed by atoms with Crippen LogP contribution in [0.15, 0.2) is 0 Å². The van der Waals surface area contributed by atoms with Crippen molar-refractivity contribution in [3.05, 3.63) is 0 Å². The lowest BCUT2D eigenvalue weighted by atomic mass is 10.2. The molecule has 2 aliphatic heterocycles. The zero-order valence-electron chi connectivity index (χ0n) is 9.09. The summed E-state index contributed by atoms with van der Waals surface area (Å²) < 4.78 is 10.1. The molecule has 2 fully saturated rings. The standard InChI is InChI=1S/2C5H10O.H3N.H2O/c2*1-2-4-6-5-3-1;;/h2*1-5H2;1H3;1H2. The quantitative estimate of drug-likeness (QED) is 0.656. The Labute approximate surface area is 86.9 Å². The van der Waals surface area contributed by atoms with Crippen LogP contribution in [0.2, 0.25) is 0 Å². The Morgan fingerprint density at radius 1 is 0.500 bits per heavy atom. The summed E-state index contributed by atoms with van der Waals surface area (Å²) in [5.74, 6) is 0. The largest absolute Gasteiger partial charge is 0.412 e. The molecule has 0 radical (unpaired) electrons. The van der Waals surface area contributed by atoms with Gasteiger partial charge in [0.1, 0.15) is 0 Å². The van der Waals surface area contributed by atoms with Crippen molar-refractivity contribution in [2.45, 2.75) is 38.5 Å². The molecule has 0 aliphatic carbocycles. The lowest BCUT2D eigenvalue weighted by Crippen LogP contribution is -2.03. The van der Waals surface area contributed by atoms with Gasteiger partial charge < -0.3 is 21.1 Å². The molecule has 2 saturated heterocycles. The van der Waals surface area contributed by atoms with Gasteiger partial charge in [0.05, 0.1) is 0 Å². The molecule has 4 nitrogen and oxygen atoms in total. The van der Waals surface area contributed by atoms with E-state index in [0.717, 1.165) is 26.4 Å². The molecule has 0 aromatic carbocycles. The van der Waals surface area contributed by atoms with Crippen LogP contribution in [0.5, 0.6) is 0 Å².